The largest absolute Gasteiger partial charge is 0.493 e. The summed E-state index contributed by atoms with van der Waals surface area (Å²) in [6.07, 6.45) is 4.63. The number of carbonyl (C=O) groups is 1. The highest BCUT2D eigenvalue weighted by Crippen LogP contribution is 2.25. The SMILES string of the molecule is COc1ccccc1OCC(=O)N1CCCCCC1. The van der Waals surface area contributed by atoms with Crippen LogP contribution in [0.4, 0.5) is 0 Å². The van der Waals surface area contributed by atoms with Crippen molar-refractivity contribution in [3.05, 3.63) is 24.3 Å². The van der Waals surface area contributed by atoms with Crippen LogP contribution in [0, 0.1) is 0 Å². The average Bonchev–Trinajstić information content (AvgIpc) is 2.74. The second-order valence-corrected chi connectivity index (χ2v) is 4.73. The van der Waals surface area contributed by atoms with Gasteiger partial charge >= 0.3 is 0 Å². The number of hydrogen-bond acceptors (Lipinski definition) is 3. The maximum Gasteiger partial charge on any atom is 0.260 e. The lowest BCUT2D eigenvalue weighted by Gasteiger charge is -2.20. The highest BCUT2D eigenvalue weighted by Gasteiger charge is 2.16. The third-order valence-electron chi connectivity index (χ3n) is 3.38. The van der Waals surface area contributed by atoms with E-state index in [-0.39, 0.29) is 12.5 Å². The molecule has 1 aliphatic rings. The number of carbonyl (C=O) groups excluding carboxylic acids is 1. The summed E-state index contributed by atoms with van der Waals surface area (Å²) in [5.41, 5.74) is 0. The fourth-order valence-electron chi connectivity index (χ4n) is 2.29. The van der Waals surface area contributed by atoms with E-state index >= 15 is 0 Å². The summed E-state index contributed by atoms with van der Waals surface area (Å²) in [4.78, 5) is 14.0. The number of hydrogen-bond donors (Lipinski definition) is 0. The van der Waals surface area contributed by atoms with E-state index in [2.05, 4.69) is 0 Å². The Morgan fingerprint density at radius 1 is 1.11 bits per heavy atom. The van der Waals surface area contributed by atoms with Gasteiger partial charge in [-0.2, -0.15) is 0 Å². The first-order valence-corrected chi connectivity index (χ1v) is 6.85. The quantitative estimate of drug-likeness (QED) is 0.837. The van der Waals surface area contributed by atoms with Crippen molar-refractivity contribution in [2.75, 3.05) is 26.8 Å². The first kappa shape index (κ1) is 13.7. The van der Waals surface area contributed by atoms with Gasteiger partial charge in [-0.3, -0.25) is 4.79 Å². The van der Waals surface area contributed by atoms with E-state index in [9.17, 15) is 4.79 Å². The average molecular weight is 263 g/mol. The van der Waals surface area contributed by atoms with E-state index in [4.69, 9.17) is 9.47 Å². The van der Waals surface area contributed by atoms with Gasteiger partial charge in [-0.25, -0.2) is 0 Å². The second-order valence-electron chi connectivity index (χ2n) is 4.73. The Balaban J connectivity index is 1.88. The monoisotopic (exact) mass is 263 g/mol. The highest BCUT2D eigenvalue weighted by molar-refractivity contribution is 5.77. The van der Waals surface area contributed by atoms with E-state index in [1.54, 1.807) is 7.11 Å². The Bertz CT molecular complexity index is 412. The molecule has 0 spiro atoms. The minimum absolute atomic E-state index is 0.0628. The third-order valence-corrected chi connectivity index (χ3v) is 3.38. The zero-order chi connectivity index (χ0) is 13.5. The van der Waals surface area contributed by atoms with Crippen LogP contribution in [-0.4, -0.2) is 37.6 Å². The molecule has 0 atom stereocenters. The lowest BCUT2D eigenvalue weighted by atomic mass is 10.2. The molecule has 104 valence electrons. The van der Waals surface area contributed by atoms with Crippen molar-refractivity contribution in [1.29, 1.82) is 0 Å². The van der Waals surface area contributed by atoms with E-state index < -0.39 is 0 Å². The molecule has 19 heavy (non-hydrogen) atoms. The van der Waals surface area contributed by atoms with Gasteiger partial charge in [-0.15, -0.1) is 0 Å². The first-order valence-electron chi connectivity index (χ1n) is 6.85. The smallest absolute Gasteiger partial charge is 0.260 e. The Kier molecular flexibility index (Phi) is 5.07. The van der Waals surface area contributed by atoms with E-state index in [0.717, 1.165) is 25.9 Å². The number of benzene rings is 1. The summed E-state index contributed by atoms with van der Waals surface area (Å²) in [7, 11) is 1.60. The summed E-state index contributed by atoms with van der Waals surface area (Å²) in [6, 6.07) is 7.39. The van der Waals surface area contributed by atoms with Crippen LogP contribution in [-0.2, 0) is 4.79 Å². The van der Waals surface area contributed by atoms with Gasteiger partial charge < -0.3 is 14.4 Å². The summed E-state index contributed by atoms with van der Waals surface area (Å²) in [5, 5.41) is 0. The number of rotatable bonds is 4. The molecule has 1 aliphatic heterocycles. The van der Waals surface area contributed by atoms with Crippen LogP contribution in [0.3, 0.4) is 0 Å². The van der Waals surface area contributed by atoms with Gasteiger partial charge in [0, 0.05) is 13.1 Å². The Hall–Kier alpha value is -1.71. The van der Waals surface area contributed by atoms with Gasteiger partial charge in [-0.1, -0.05) is 25.0 Å². The standard InChI is InChI=1S/C15H21NO3/c1-18-13-8-4-5-9-14(13)19-12-15(17)16-10-6-2-3-7-11-16/h4-5,8-9H,2-3,6-7,10-12H2,1H3. The number of ether oxygens (including phenoxy) is 2. The molecule has 0 bridgehead atoms. The third kappa shape index (κ3) is 3.88. The van der Waals surface area contributed by atoms with Crippen LogP contribution in [0.25, 0.3) is 0 Å². The molecule has 1 amide bonds. The van der Waals surface area contributed by atoms with Crippen LogP contribution < -0.4 is 9.47 Å². The summed E-state index contributed by atoms with van der Waals surface area (Å²) < 4.78 is 10.8. The Morgan fingerprint density at radius 2 is 1.74 bits per heavy atom. The molecule has 0 N–H and O–H groups in total. The molecule has 1 fully saturated rings. The molecule has 0 aliphatic carbocycles. The van der Waals surface area contributed by atoms with Gasteiger partial charge in [-0.05, 0) is 25.0 Å². The Labute approximate surface area is 114 Å². The number of methoxy groups -OCH3 is 1. The predicted molar refractivity (Wildman–Crippen MR) is 73.5 cm³/mol. The van der Waals surface area contributed by atoms with Crippen LogP contribution in [0.1, 0.15) is 25.7 Å². The zero-order valence-electron chi connectivity index (χ0n) is 11.4. The lowest BCUT2D eigenvalue weighted by molar-refractivity contribution is -0.133. The molecule has 0 saturated carbocycles. The number of para-hydroxylation sites is 2. The van der Waals surface area contributed by atoms with E-state index in [1.165, 1.54) is 12.8 Å². The van der Waals surface area contributed by atoms with Crippen molar-refractivity contribution in [2.45, 2.75) is 25.7 Å². The number of amides is 1. The van der Waals surface area contributed by atoms with Gasteiger partial charge in [0.25, 0.3) is 5.91 Å². The van der Waals surface area contributed by atoms with Crippen LogP contribution in [0.15, 0.2) is 24.3 Å². The van der Waals surface area contributed by atoms with Crippen LogP contribution in [0.5, 0.6) is 11.5 Å². The maximum absolute atomic E-state index is 12.1. The van der Waals surface area contributed by atoms with Crippen molar-refractivity contribution in [3.63, 3.8) is 0 Å². The molecule has 4 nitrogen and oxygen atoms in total. The molecular formula is C15H21NO3. The summed E-state index contributed by atoms with van der Waals surface area (Å²) in [5.74, 6) is 1.34. The van der Waals surface area contributed by atoms with Gasteiger partial charge in [0.1, 0.15) is 0 Å². The van der Waals surface area contributed by atoms with Gasteiger partial charge in [0.05, 0.1) is 7.11 Å². The topological polar surface area (TPSA) is 38.8 Å². The number of nitrogens with zero attached hydrogens (tertiary/aromatic N) is 1. The fraction of sp³-hybridized carbons (Fsp3) is 0.533. The van der Waals surface area contributed by atoms with E-state index in [0.29, 0.717) is 11.5 Å². The minimum Gasteiger partial charge on any atom is -0.493 e. The maximum atomic E-state index is 12.1. The molecule has 1 aromatic carbocycles. The van der Waals surface area contributed by atoms with Crippen molar-refractivity contribution in [3.8, 4) is 11.5 Å². The van der Waals surface area contributed by atoms with Crippen molar-refractivity contribution in [2.24, 2.45) is 0 Å². The van der Waals surface area contributed by atoms with Crippen molar-refractivity contribution >= 4 is 5.91 Å². The Morgan fingerprint density at radius 3 is 2.37 bits per heavy atom. The van der Waals surface area contributed by atoms with E-state index in [1.807, 2.05) is 29.2 Å². The molecule has 0 aromatic heterocycles. The summed E-state index contributed by atoms with van der Waals surface area (Å²) >= 11 is 0. The van der Waals surface area contributed by atoms with Gasteiger partial charge in [0.15, 0.2) is 18.1 Å². The van der Waals surface area contributed by atoms with Gasteiger partial charge in [0.2, 0.25) is 0 Å². The summed E-state index contributed by atoms with van der Waals surface area (Å²) in [6.45, 7) is 1.79. The first-order chi connectivity index (χ1) is 9.31. The second kappa shape index (κ2) is 7.02. The van der Waals surface area contributed by atoms with Crippen LogP contribution in [0.2, 0.25) is 0 Å². The van der Waals surface area contributed by atoms with Crippen molar-refractivity contribution < 1.29 is 14.3 Å². The minimum atomic E-state index is 0.0628. The predicted octanol–water partition coefficient (Wildman–Crippen LogP) is 2.48. The molecule has 0 radical (unpaired) electrons. The normalized spacial score (nSPS) is 15.7. The van der Waals surface area contributed by atoms with Crippen LogP contribution >= 0.6 is 0 Å². The molecular weight excluding hydrogens is 242 g/mol. The lowest BCUT2D eigenvalue weighted by Crippen LogP contribution is -2.35. The molecule has 4 heteroatoms. The molecule has 1 aromatic rings. The molecule has 0 unspecified atom stereocenters. The van der Waals surface area contributed by atoms with Crippen molar-refractivity contribution in [1.82, 2.24) is 4.90 Å². The molecule has 1 heterocycles. The highest BCUT2D eigenvalue weighted by atomic mass is 16.5. The number of likely N-dealkylation sites (tertiary alicyclic amines) is 1. The molecule has 2 rings (SSSR count). The zero-order valence-corrected chi connectivity index (χ0v) is 11.4. The molecule has 1 saturated heterocycles. The fourth-order valence-corrected chi connectivity index (χ4v) is 2.29.